The van der Waals surface area contributed by atoms with E-state index in [1.807, 2.05) is 30.3 Å². The first-order valence-electron chi connectivity index (χ1n) is 14.9. The van der Waals surface area contributed by atoms with E-state index in [1.54, 1.807) is 6.20 Å². The van der Waals surface area contributed by atoms with Crippen LogP contribution in [0.2, 0.25) is 0 Å². The molecule has 0 spiro atoms. The lowest BCUT2D eigenvalue weighted by molar-refractivity contribution is 0.669. The Morgan fingerprint density at radius 1 is 0.422 bits per heavy atom. The molecule has 0 unspecified atom stereocenters. The highest BCUT2D eigenvalue weighted by atomic mass is 16.3. The third-order valence-electron chi connectivity index (χ3n) is 8.35. The zero-order valence-electron chi connectivity index (χ0n) is 24.1. The van der Waals surface area contributed by atoms with Crippen molar-refractivity contribution in [1.29, 1.82) is 0 Å². The van der Waals surface area contributed by atoms with E-state index in [0.29, 0.717) is 17.5 Å². The molecule has 45 heavy (non-hydrogen) atoms. The summed E-state index contributed by atoms with van der Waals surface area (Å²) >= 11 is 0. The summed E-state index contributed by atoms with van der Waals surface area (Å²) in [5.41, 5.74) is 7.50. The minimum Gasteiger partial charge on any atom is -0.456 e. The number of pyridine rings is 1. The highest BCUT2D eigenvalue weighted by molar-refractivity contribution is 6.14. The number of hydrogen-bond donors (Lipinski definition) is 0. The number of rotatable bonds is 4. The fourth-order valence-electron chi connectivity index (χ4n) is 6.11. The van der Waals surface area contributed by atoms with Crippen molar-refractivity contribution in [2.75, 3.05) is 0 Å². The van der Waals surface area contributed by atoms with Gasteiger partial charge < -0.3 is 4.42 Å². The average Bonchev–Trinajstić information content (AvgIpc) is 3.48. The van der Waals surface area contributed by atoms with E-state index >= 15 is 0 Å². The molecule has 9 rings (SSSR count). The third kappa shape index (κ3) is 4.41. The molecule has 5 heteroatoms. The van der Waals surface area contributed by atoms with Gasteiger partial charge in [0, 0.05) is 45.1 Å². The first-order chi connectivity index (χ1) is 22.3. The minimum absolute atomic E-state index is 0.592. The Hall–Kier alpha value is -6.20. The second-order valence-corrected chi connectivity index (χ2v) is 11.1. The Morgan fingerprint density at radius 3 is 1.98 bits per heavy atom. The lowest BCUT2D eigenvalue weighted by Gasteiger charge is -2.10. The number of nitrogens with zero attached hydrogens (tertiary/aromatic N) is 4. The average molecular weight is 577 g/mol. The Labute approximate surface area is 258 Å². The second-order valence-electron chi connectivity index (χ2n) is 11.1. The van der Waals surface area contributed by atoms with E-state index in [4.69, 9.17) is 19.4 Å². The summed E-state index contributed by atoms with van der Waals surface area (Å²) in [6.07, 6.45) is 1.80. The molecule has 3 heterocycles. The number of hydrogen-bond acceptors (Lipinski definition) is 5. The lowest BCUT2D eigenvalue weighted by atomic mass is 10.0. The smallest absolute Gasteiger partial charge is 0.164 e. The summed E-state index contributed by atoms with van der Waals surface area (Å²) in [5, 5.41) is 5.33. The van der Waals surface area contributed by atoms with Crippen molar-refractivity contribution in [1.82, 2.24) is 19.9 Å². The van der Waals surface area contributed by atoms with Crippen LogP contribution in [0.1, 0.15) is 0 Å². The highest BCUT2D eigenvalue weighted by Crippen LogP contribution is 2.38. The summed E-state index contributed by atoms with van der Waals surface area (Å²) < 4.78 is 6.34. The zero-order valence-corrected chi connectivity index (χ0v) is 24.1. The van der Waals surface area contributed by atoms with Gasteiger partial charge in [0.2, 0.25) is 0 Å². The van der Waals surface area contributed by atoms with Gasteiger partial charge in [-0.2, -0.15) is 0 Å². The molecule has 0 radical (unpaired) electrons. The maximum absolute atomic E-state index is 6.34. The molecule has 0 aliphatic rings. The molecule has 0 bridgehead atoms. The zero-order chi connectivity index (χ0) is 29.7. The van der Waals surface area contributed by atoms with Crippen molar-refractivity contribution < 1.29 is 4.42 Å². The van der Waals surface area contributed by atoms with Crippen LogP contribution in [-0.4, -0.2) is 19.9 Å². The van der Waals surface area contributed by atoms with E-state index in [-0.39, 0.29) is 0 Å². The Bertz CT molecular complexity index is 2540. The molecule has 210 valence electrons. The fourth-order valence-corrected chi connectivity index (χ4v) is 6.11. The third-order valence-corrected chi connectivity index (χ3v) is 8.35. The fraction of sp³-hybridized carbons (Fsp3) is 0. The number of benzene rings is 6. The van der Waals surface area contributed by atoms with Crippen molar-refractivity contribution in [2.45, 2.75) is 0 Å². The predicted molar refractivity (Wildman–Crippen MR) is 182 cm³/mol. The van der Waals surface area contributed by atoms with Crippen LogP contribution in [-0.2, 0) is 0 Å². The molecule has 0 aliphatic heterocycles. The molecule has 6 aromatic carbocycles. The maximum Gasteiger partial charge on any atom is 0.164 e. The number of furan rings is 1. The highest BCUT2D eigenvalue weighted by Gasteiger charge is 2.18. The van der Waals surface area contributed by atoms with Gasteiger partial charge in [0.05, 0.1) is 5.52 Å². The van der Waals surface area contributed by atoms with E-state index in [1.165, 1.54) is 10.9 Å². The number of fused-ring (bicyclic) bond motifs is 5. The molecule has 0 N–H and O–H groups in total. The van der Waals surface area contributed by atoms with Crippen molar-refractivity contribution >= 4 is 43.6 Å². The van der Waals surface area contributed by atoms with Crippen molar-refractivity contribution in [3.8, 4) is 45.3 Å². The standard InChI is InChI=1S/C40H24N4O/c1-2-8-25(9-3-1)27-15-18-28(19-16-27)38-42-39(31-20-17-26-10-4-5-11-29(26)22-31)44-40(43-38)32-13-6-14-35-37(32)33-23-30-12-7-21-41-34(30)24-36(33)45-35/h1-24H. The molecule has 9 aromatic rings. The van der Waals surface area contributed by atoms with Gasteiger partial charge in [-0.15, -0.1) is 0 Å². The predicted octanol–water partition coefficient (Wildman–Crippen LogP) is 10.1. The normalized spacial score (nSPS) is 11.6. The van der Waals surface area contributed by atoms with Crippen LogP contribution in [0.25, 0.3) is 88.9 Å². The molecule has 0 saturated carbocycles. The van der Waals surface area contributed by atoms with Crippen LogP contribution >= 0.6 is 0 Å². The molecule has 5 nitrogen and oxygen atoms in total. The van der Waals surface area contributed by atoms with Gasteiger partial charge in [0.15, 0.2) is 17.5 Å². The summed E-state index contributed by atoms with van der Waals surface area (Å²) in [6.45, 7) is 0. The molecule has 3 aromatic heterocycles. The monoisotopic (exact) mass is 576 g/mol. The SMILES string of the molecule is c1ccc(-c2ccc(-c3nc(-c4ccc5ccccc5c4)nc(-c4cccc5oc6cc7ncccc7cc6c45)n3)cc2)cc1. The molecular formula is C40H24N4O. The Balaban J connectivity index is 1.26. The first kappa shape index (κ1) is 25.3. The topological polar surface area (TPSA) is 64.7 Å². The summed E-state index contributed by atoms with van der Waals surface area (Å²) in [4.78, 5) is 19.7. The van der Waals surface area contributed by atoms with E-state index in [2.05, 4.69) is 114 Å². The molecule has 0 fully saturated rings. The molecule has 0 atom stereocenters. The number of aromatic nitrogens is 4. The molecule has 0 amide bonds. The van der Waals surface area contributed by atoms with Crippen LogP contribution in [0.5, 0.6) is 0 Å². The van der Waals surface area contributed by atoms with Crippen molar-refractivity contribution in [3.05, 3.63) is 146 Å². The van der Waals surface area contributed by atoms with Gasteiger partial charge in [-0.05, 0) is 46.2 Å². The first-order valence-corrected chi connectivity index (χ1v) is 14.9. The van der Waals surface area contributed by atoms with Gasteiger partial charge in [-0.1, -0.05) is 109 Å². The quantitative estimate of drug-likeness (QED) is 0.209. The van der Waals surface area contributed by atoms with Crippen LogP contribution < -0.4 is 0 Å². The van der Waals surface area contributed by atoms with Gasteiger partial charge in [-0.25, -0.2) is 15.0 Å². The minimum atomic E-state index is 0.592. The Morgan fingerprint density at radius 2 is 1.11 bits per heavy atom. The van der Waals surface area contributed by atoms with Gasteiger partial charge in [-0.3, -0.25) is 4.98 Å². The van der Waals surface area contributed by atoms with E-state index in [9.17, 15) is 0 Å². The van der Waals surface area contributed by atoms with E-state index < -0.39 is 0 Å². The molecule has 0 saturated heterocycles. The van der Waals surface area contributed by atoms with Gasteiger partial charge >= 0.3 is 0 Å². The second kappa shape index (κ2) is 10.2. The Kier molecular flexibility index (Phi) is 5.74. The summed E-state index contributed by atoms with van der Waals surface area (Å²) in [5.74, 6) is 1.82. The summed E-state index contributed by atoms with van der Waals surface area (Å²) in [7, 11) is 0. The van der Waals surface area contributed by atoms with Crippen LogP contribution in [0, 0.1) is 0 Å². The van der Waals surface area contributed by atoms with Crippen LogP contribution in [0.4, 0.5) is 0 Å². The maximum atomic E-state index is 6.34. The molecular weight excluding hydrogens is 552 g/mol. The summed E-state index contributed by atoms with van der Waals surface area (Å²) in [6, 6.07) is 47.6. The lowest BCUT2D eigenvalue weighted by Crippen LogP contribution is -2.00. The van der Waals surface area contributed by atoms with Crippen LogP contribution in [0.3, 0.4) is 0 Å². The van der Waals surface area contributed by atoms with Crippen LogP contribution in [0.15, 0.2) is 150 Å². The van der Waals surface area contributed by atoms with Gasteiger partial charge in [0.25, 0.3) is 0 Å². The van der Waals surface area contributed by atoms with Gasteiger partial charge in [0.1, 0.15) is 11.2 Å². The van der Waals surface area contributed by atoms with Crippen molar-refractivity contribution in [3.63, 3.8) is 0 Å². The van der Waals surface area contributed by atoms with Crippen molar-refractivity contribution in [2.24, 2.45) is 0 Å². The molecule has 0 aliphatic carbocycles. The van der Waals surface area contributed by atoms with E-state index in [0.717, 1.165) is 60.5 Å². The largest absolute Gasteiger partial charge is 0.456 e.